The maximum atomic E-state index is 12.6. The van der Waals surface area contributed by atoms with Gasteiger partial charge in [-0.05, 0) is 23.7 Å². The van der Waals surface area contributed by atoms with E-state index in [1.807, 2.05) is 13.8 Å². The number of hydrogen-bond acceptors (Lipinski definition) is 3. The van der Waals surface area contributed by atoms with Crippen LogP contribution in [0, 0.1) is 17.3 Å². The second kappa shape index (κ2) is 7.03. The van der Waals surface area contributed by atoms with Crippen LogP contribution in [0.2, 0.25) is 0 Å². The second-order valence-electron chi connectivity index (χ2n) is 7.70. The minimum atomic E-state index is -0.887. The maximum absolute atomic E-state index is 12.6. The van der Waals surface area contributed by atoms with Gasteiger partial charge in [0.05, 0.1) is 5.37 Å². The first kappa shape index (κ1) is 18.3. The molecular weight excluding hydrogens is 286 g/mol. The smallest absolute Gasteiger partial charge is 0.327 e. The molecule has 0 aliphatic carbocycles. The normalized spacial score (nSPS) is 24.4. The molecule has 4 nitrogen and oxygen atoms in total. The first-order valence-electron chi connectivity index (χ1n) is 7.68. The topological polar surface area (TPSA) is 57.6 Å². The van der Waals surface area contributed by atoms with Crippen LogP contribution in [0.25, 0.3) is 0 Å². The molecular formula is C16H29NO3S. The Hall–Kier alpha value is -0.710. The molecule has 3 unspecified atom stereocenters. The van der Waals surface area contributed by atoms with E-state index in [4.69, 9.17) is 0 Å². The first-order valence-corrected chi connectivity index (χ1v) is 8.73. The van der Waals surface area contributed by atoms with E-state index in [9.17, 15) is 14.7 Å². The summed E-state index contributed by atoms with van der Waals surface area (Å²) in [6, 6.07) is -0.670. The van der Waals surface area contributed by atoms with Gasteiger partial charge < -0.3 is 10.0 Å². The third-order valence-electron chi connectivity index (χ3n) is 3.66. The van der Waals surface area contributed by atoms with Gasteiger partial charge >= 0.3 is 5.97 Å². The van der Waals surface area contributed by atoms with Gasteiger partial charge in [0.25, 0.3) is 0 Å². The number of carboxylic acids is 1. The van der Waals surface area contributed by atoms with Crippen LogP contribution < -0.4 is 0 Å². The molecule has 122 valence electrons. The molecule has 1 heterocycles. The monoisotopic (exact) mass is 315 g/mol. The van der Waals surface area contributed by atoms with E-state index >= 15 is 0 Å². The molecule has 1 aliphatic rings. The fourth-order valence-corrected chi connectivity index (χ4v) is 4.56. The Balaban J connectivity index is 2.78. The molecule has 21 heavy (non-hydrogen) atoms. The summed E-state index contributed by atoms with van der Waals surface area (Å²) in [6.07, 6.45) is 1.40. The minimum absolute atomic E-state index is 0.0113. The Morgan fingerprint density at radius 2 is 1.86 bits per heavy atom. The van der Waals surface area contributed by atoms with Crippen molar-refractivity contribution in [3.8, 4) is 0 Å². The van der Waals surface area contributed by atoms with Crippen LogP contribution in [0.5, 0.6) is 0 Å². The molecule has 0 saturated carbocycles. The van der Waals surface area contributed by atoms with E-state index in [1.165, 1.54) is 0 Å². The summed E-state index contributed by atoms with van der Waals surface area (Å²) >= 11 is 1.59. The molecule has 0 spiro atoms. The Morgan fingerprint density at radius 3 is 2.29 bits per heavy atom. The summed E-state index contributed by atoms with van der Waals surface area (Å²) in [7, 11) is 0. The summed E-state index contributed by atoms with van der Waals surface area (Å²) in [5.74, 6) is 0.134. The van der Waals surface area contributed by atoms with Crippen LogP contribution in [0.1, 0.15) is 54.4 Å². The van der Waals surface area contributed by atoms with Crippen molar-refractivity contribution in [1.29, 1.82) is 0 Å². The van der Waals surface area contributed by atoms with Crippen molar-refractivity contribution in [3.63, 3.8) is 0 Å². The van der Waals surface area contributed by atoms with Crippen LogP contribution >= 0.6 is 11.8 Å². The van der Waals surface area contributed by atoms with Gasteiger partial charge in [0.1, 0.15) is 6.04 Å². The standard InChI is InChI=1S/C16H29NO3S/c1-10(2)14-17(12(9-21-14)15(19)20)13(18)7-11(3)8-16(4,5)6/h10-12,14H,7-9H2,1-6H3,(H,19,20). The maximum Gasteiger partial charge on any atom is 0.327 e. The number of thioether (sulfide) groups is 1. The Kier molecular flexibility index (Phi) is 6.14. The van der Waals surface area contributed by atoms with E-state index in [0.29, 0.717) is 12.2 Å². The molecule has 0 bridgehead atoms. The Labute approximate surface area is 132 Å². The molecule has 1 fully saturated rings. The summed E-state index contributed by atoms with van der Waals surface area (Å²) in [5.41, 5.74) is 0.184. The number of aliphatic carboxylic acids is 1. The molecule has 0 aromatic heterocycles. The van der Waals surface area contributed by atoms with Gasteiger partial charge in [-0.15, -0.1) is 11.8 Å². The highest BCUT2D eigenvalue weighted by atomic mass is 32.2. The Morgan fingerprint density at radius 1 is 1.29 bits per heavy atom. The number of hydrogen-bond donors (Lipinski definition) is 1. The van der Waals surface area contributed by atoms with Gasteiger partial charge in [0.15, 0.2) is 0 Å². The molecule has 1 amide bonds. The zero-order chi connectivity index (χ0) is 16.4. The van der Waals surface area contributed by atoms with E-state index in [1.54, 1.807) is 16.7 Å². The summed E-state index contributed by atoms with van der Waals surface area (Å²) in [6.45, 7) is 12.7. The average Bonchev–Trinajstić information content (AvgIpc) is 2.69. The average molecular weight is 315 g/mol. The van der Waals surface area contributed by atoms with Crippen molar-refractivity contribution >= 4 is 23.6 Å². The Bertz CT molecular complexity index is 389. The molecule has 1 rings (SSSR count). The van der Waals surface area contributed by atoms with Crippen LogP contribution in [0.4, 0.5) is 0 Å². The third kappa shape index (κ3) is 5.20. The highest BCUT2D eigenvalue weighted by Gasteiger charge is 2.42. The quantitative estimate of drug-likeness (QED) is 0.844. The molecule has 0 aromatic carbocycles. The molecule has 1 N–H and O–H groups in total. The van der Waals surface area contributed by atoms with E-state index in [0.717, 1.165) is 6.42 Å². The highest BCUT2D eigenvalue weighted by molar-refractivity contribution is 8.00. The number of amides is 1. The lowest BCUT2D eigenvalue weighted by Crippen LogP contribution is -2.47. The van der Waals surface area contributed by atoms with Gasteiger partial charge in [-0.3, -0.25) is 4.79 Å². The van der Waals surface area contributed by atoms with Crippen LogP contribution in [0.15, 0.2) is 0 Å². The molecule has 1 saturated heterocycles. The molecule has 0 aromatic rings. The van der Waals surface area contributed by atoms with Crippen LogP contribution in [-0.4, -0.2) is 39.1 Å². The number of carboxylic acid groups (broad SMARTS) is 1. The van der Waals surface area contributed by atoms with Gasteiger partial charge in [0.2, 0.25) is 5.91 Å². The summed E-state index contributed by atoms with van der Waals surface area (Å²) in [4.78, 5) is 25.6. The summed E-state index contributed by atoms with van der Waals surface area (Å²) in [5, 5.41) is 9.33. The van der Waals surface area contributed by atoms with Crippen molar-refractivity contribution in [2.24, 2.45) is 17.3 Å². The molecule has 3 atom stereocenters. The SMILES string of the molecule is CC(CC(=O)N1C(C(=O)O)CSC1C(C)C)CC(C)(C)C. The number of carbonyl (C=O) groups is 2. The van der Waals surface area contributed by atoms with Crippen molar-refractivity contribution in [1.82, 2.24) is 4.90 Å². The zero-order valence-corrected chi connectivity index (χ0v) is 14.9. The lowest BCUT2D eigenvalue weighted by atomic mass is 9.84. The van der Waals surface area contributed by atoms with E-state index in [-0.39, 0.29) is 28.5 Å². The van der Waals surface area contributed by atoms with Gasteiger partial charge in [0, 0.05) is 12.2 Å². The second-order valence-corrected chi connectivity index (χ2v) is 8.85. The van der Waals surface area contributed by atoms with E-state index < -0.39 is 12.0 Å². The molecule has 0 radical (unpaired) electrons. The largest absolute Gasteiger partial charge is 0.480 e. The van der Waals surface area contributed by atoms with E-state index in [2.05, 4.69) is 27.7 Å². The van der Waals surface area contributed by atoms with Crippen LogP contribution in [-0.2, 0) is 9.59 Å². The van der Waals surface area contributed by atoms with Crippen LogP contribution in [0.3, 0.4) is 0 Å². The minimum Gasteiger partial charge on any atom is -0.480 e. The fraction of sp³-hybridized carbons (Fsp3) is 0.875. The predicted molar refractivity (Wildman–Crippen MR) is 87.2 cm³/mol. The van der Waals surface area contributed by atoms with Gasteiger partial charge in [-0.2, -0.15) is 0 Å². The van der Waals surface area contributed by atoms with Gasteiger partial charge in [-0.1, -0.05) is 41.5 Å². The van der Waals surface area contributed by atoms with Crippen molar-refractivity contribution < 1.29 is 14.7 Å². The lowest BCUT2D eigenvalue weighted by Gasteiger charge is -2.31. The van der Waals surface area contributed by atoms with Crippen molar-refractivity contribution in [3.05, 3.63) is 0 Å². The third-order valence-corrected chi connectivity index (χ3v) is 5.28. The molecule has 5 heteroatoms. The van der Waals surface area contributed by atoms with Crippen molar-refractivity contribution in [2.45, 2.75) is 65.8 Å². The number of nitrogens with zero attached hydrogens (tertiary/aromatic N) is 1. The fourth-order valence-electron chi connectivity index (χ4n) is 3.07. The highest BCUT2D eigenvalue weighted by Crippen LogP contribution is 2.35. The number of carbonyl (C=O) groups excluding carboxylic acids is 1. The zero-order valence-electron chi connectivity index (χ0n) is 14.0. The summed E-state index contributed by atoms with van der Waals surface area (Å²) < 4.78 is 0. The first-order chi connectivity index (χ1) is 9.53. The van der Waals surface area contributed by atoms with Crippen molar-refractivity contribution in [2.75, 3.05) is 5.75 Å². The lowest BCUT2D eigenvalue weighted by molar-refractivity contribution is -0.150. The molecule has 1 aliphatic heterocycles. The number of rotatable bonds is 5. The van der Waals surface area contributed by atoms with Gasteiger partial charge in [-0.25, -0.2) is 4.79 Å². The predicted octanol–water partition coefficient (Wildman–Crippen LogP) is 3.46.